The molecule has 0 bridgehead atoms. The minimum absolute atomic E-state index is 0.134. The van der Waals surface area contributed by atoms with Gasteiger partial charge in [-0.2, -0.15) is 0 Å². The number of amides is 2. The Morgan fingerprint density at radius 2 is 1.83 bits per heavy atom. The fourth-order valence-corrected chi connectivity index (χ4v) is 3.91. The van der Waals surface area contributed by atoms with Gasteiger partial charge in [0.15, 0.2) is 11.5 Å². The Morgan fingerprint density at radius 1 is 1.06 bits per heavy atom. The average Bonchev–Trinajstić information content (AvgIpc) is 2.84. The Labute approximate surface area is 212 Å². The number of unbranched alkanes of at least 4 members (excludes halogenated alkanes) is 3. The lowest BCUT2D eigenvalue weighted by Gasteiger charge is -2.27. The first-order chi connectivity index (χ1) is 16.8. The molecule has 0 heterocycles. The molecule has 0 saturated heterocycles. The molecule has 1 rings (SSSR count). The number of hydrogen-bond acceptors (Lipinski definition) is 6. The molecule has 5 N–H and O–H groups in total. The van der Waals surface area contributed by atoms with Crippen molar-refractivity contribution in [3.8, 4) is 11.5 Å². The summed E-state index contributed by atoms with van der Waals surface area (Å²) in [6.45, 7) is 8.46. The van der Waals surface area contributed by atoms with Crippen LogP contribution in [0.4, 0.5) is 4.79 Å². The maximum absolute atomic E-state index is 12.0. The van der Waals surface area contributed by atoms with Crippen LogP contribution >= 0.6 is 0 Å². The Balaban J connectivity index is 2.59. The van der Waals surface area contributed by atoms with E-state index in [0.717, 1.165) is 43.4 Å². The van der Waals surface area contributed by atoms with Crippen molar-refractivity contribution in [3.63, 3.8) is 0 Å². The van der Waals surface area contributed by atoms with Gasteiger partial charge in [0.2, 0.25) is 0 Å². The van der Waals surface area contributed by atoms with E-state index in [4.69, 9.17) is 19.9 Å². The van der Waals surface area contributed by atoms with Gasteiger partial charge in [0.25, 0.3) is 0 Å². The normalized spacial score (nSPS) is 13.8. The lowest BCUT2D eigenvalue weighted by molar-refractivity contribution is 0.125. The summed E-state index contributed by atoms with van der Waals surface area (Å²) in [5.74, 6) is 2.06. The number of carbonyl (C=O) groups is 1. The van der Waals surface area contributed by atoms with Crippen molar-refractivity contribution in [2.75, 3.05) is 40.5 Å². The van der Waals surface area contributed by atoms with Gasteiger partial charge in [-0.15, -0.1) is 0 Å². The second kappa shape index (κ2) is 18.3. The van der Waals surface area contributed by atoms with E-state index >= 15 is 0 Å². The number of nitrogens with two attached hydrogens (primary N) is 1. The third-order valence-electron chi connectivity index (χ3n) is 6.28. The van der Waals surface area contributed by atoms with Crippen molar-refractivity contribution in [1.29, 1.82) is 0 Å². The molecule has 8 heteroatoms. The summed E-state index contributed by atoms with van der Waals surface area (Å²) >= 11 is 0. The SMILES string of the molecule is CCCCCCNC(=O)NCC(O)C(N)CC(Cc1ccc(OC)c(OCCCOC)c1)C(C)C. The van der Waals surface area contributed by atoms with Crippen molar-refractivity contribution in [2.24, 2.45) is 17.6 Å². The van der Waals surface area contributed by atoms with E-state index < -0.39 is 12.1 Å². The first-order valence-electron chi connectivity index (χ1n) is 13.1. The lowest BCUT2D eigenvalue weighted by Crippen LogP contribution is -2.47. The van der Waals surface area contributed by atoms with Crippen LogP contribution in [0.15, 0.2) is 18.2 Å². The zero-order valence-corrected chi connectivity index (χ0v) is 22.5. The predicted molar refractivity (Wildman–Crippen MR) is 141 cm³/mol. The topological polar surface area (TPSA) is 115 Å². The summed E-state index contributed by atoms with van der Waals surface area (Å²) < 4.78 is 16.4. The zero-order valence-electron chi connectivity index (χ0n) is 22.5. The highest BCUT2D eigenvalue weighted by molar-refractivity contribution is 5.73. The number of benzene rings is 1. The summed E-state index contributed by atoms with van der Waals surface area (Å²) in [4.78, 5) is 12.0. The molecule has 0 aliphatic heterocycles. The fraction of sp³-hybridized carbons (Fsp3) is 0.741. The molecule has 0 radical (unpaired) electrons. The number of aliphatic hydroxyl groups is 1. The standard InChI is InChI=1S/C27H49N3O5/c1-6-7-8-9-13-29-27(32)30-19-24(31)23(28)18-22(20(2)3)16-21-11-12-25(34-5)26(17-21)35-15-10-14-33-4/h11-12,17,20,22-24,31H,6-10,13-16,18-19,28H2,1-5H3,(H2,29,30,32). The van der Waals surface area contributed by atoms with Crippen LogP contribution in [0.1, 0.15) is 64.9 Å². The summed E-state index contributed by atoms with van der Waals surface area (Å²) in [6.07, 6.45) is 5.86. The molecule has 0 spiro atoms. The average molecular weight is 496 g/mol. The molecule has 35 heavy (non-hydrogen) atoms. The van der Waals surface area contributed by atoms with Crippen LogP contribution in [0, 0.1) is 11.8 Å². The lowest BCUT2D eigenvalue weighted by atomic mass is 9.83. The first-order valence-corrected chi connectivity index (χ1v) is 13.1. The van der Waals surface area contributed by atoms with Crippen LogP contribution in [-0.2, 0) is 11.2 Å². The van der Waals surface area contributed by atoms with Crippen LogP contribution in [0.2, 0.25) is 0 Å². The molecule has 2 amide bonds. The fourth-order valence-electron chi connectivity index (χ4n) is 3.91. The van der Waals surface area contributed by atoms with Gasteiger partial charge in [-0.05, 0) is 48.8 Å². The predicted octanol–water partition coefficient (Wildman–Crippen LogP) is 3.88. The second-order valence-corrected chi connectivity index (χ2v) is 9.55. The van der Waals surface area contributed by atoms with Crippen LogP contribution in [0.3, 0.4) is 0 Å². The minimum Gasteiger partial charge on any atom is -0.493 e. The van der Waals surface area contributed by atoms with Crippen molar-refractivity contribution < 1.29 is 24.1 Å². The maximum atomic E-state index is 12.0. The number of methoxy groups -OCH3 is 2. The molecule has 0 aromatic heterocycles. The number of urea groups is 1. The van der Waals surface area contributed by atoms with Gasteiger partial charge in [-0.25, -0.2) is 4.79 Å². The molecule has 1 aromatic carbocycles. The molecule has 3 unspecified atom stereocenters. The molecule has 8 nitrogen and oxygen atoms in total. The van der Waals surface area contributed by atoms with E-state index in [-0.39, 0.29) is 18.5 Å². The molecular formula is C27H49N3O5. The molecule has 0 saturated carbocycles. The van der Waals surface area contributed by atoms with Gasteiger partial charge in [-0.1, -0.05) is 46.1 Å². The Bertz CT molecular complexity index is 701. The number of nitrogens with one attached hydrogen (secondary N) is 2. The van der Waals surface area contributed by atoms with Crippen LogP contribution in [0.5, 0.6) is 11.5 Å². The van der Waals surface area contributed by atoms with E-state index in [2.05, 4.69) is 31.4 Å². The van der Waals surface area contributed by atoms with E-state index in [1.54, 1.807) is 14.2 Å². The summed E-state index contributed by atoms with van der Waals surface area (Å²) in [7, 11) is 3.31. The quantitative estimate of drug-likeness (QED) is 0.217. The van der Waals surface area contributed by atoms with E-state index in [0.29, 0.717) is 37.8 Å². The third kappa shape index (κ3) is 13.0. The largest absolute Gasteiger partial charge is 0.493 e. The van der Waals surface area contributed by atoms with Gasteiger partial charge >= 0.3 is 6.03 Å². The highest BCUT2D eigenvalue weighted by atomic mass is 16.5. The van der Waals surface area contributed by atoms with Crippen LogP contribution in [-0.4, -0.2) is 63.8 Å². The third-order valence-corrected chi connectivity index (χ3v) is 6.28. The summed E-state index contributed by atoms with van der Waals surface area (Å²) in [6, 6.07) is 5.30. The van der Waals surface area contributed by atoms with Crippen LogP contribution in [0.25, 0.3) is 0 Å². The van der Waals surface area contributed by atoms with Gasteiger partial charge in [0.1, 0.15) is 0 Å². The second-order valence-electron chi connectivity index (χ2n) is 9.55. The van der Waals surface area contributed by atoms with Gasteiger partial charge < -0.3 is 35.7 Å². The Kier molecular flexibility index (Phi) is 16.2. The molecule has 1 aromatic rings. The van der Waals surface area contributed by atoms with Crippen molar-refractivity contribution in [1.82, 2.24) is 10.6 Å². The molecule has 0 fully saturated rings. The number of rotatable bonds is 19. The number of hydrogen-bond donors (Lipinski definition) is 4. The van der Waals surface area contributed by atoms with Crippen molar-refractivity contribution in [3.05, 3.63) is 23.8 Å². The molecule has 3 atom stereocenters. The number of aliphatic hydroxyl groups excluding tert-OH is 1. The van der Waals surface area contributed by atoms with Gasteiger partial charge in [0, 0.05) is 39.3 Å². The van der Waals surface area contributed by atoms with E-state index in [1.807, 2.05) is 18.2 Å². The van der Waals surface area contributed by atoms with Gasteiger partial charge in [0.05, 0.1) is 19.8 Å². The number of carbonyl (C=O) groups excluding carboxylic acids is 1. The zero-order chi connectivity index (χ0) is 26.1. The maximum Gasteiger partial charge on any atom is 0.314 e. The summed E-state index contributed by atoms with van der Waals surface area (Å²) in [5, 5.41) is 16.1. The molecular weight excluding hydrogens is 446 g/mol. The van der Waals surface area contributed by atoms with Gasteiger partial charge in [-0.3, -0.25) is 0 Å². The monoisotopic (exact) mass is 495 g/mol. The Morgan fingerprint density at radius 3 is 2.49 bits per heavy atom. The molecule has 0 aliphatic carbocycles. The smallest absolute Gasteiger partial charge is 0.314 e. The van der Waals surface area contributed by atoms with Crippen LogP contribution < -0.4 is 25.8 Å². The van der Waals surface area contributed by atoms with Crippen molar-refractivity contribution >= 4 is 6.03 Å². The molecule has 202 valence electrons. The minimum atomic E-state index is -0.808. The number of ether oxygens (including phenoxy) is 3. The van der Waals surface area contributed by atoms with E-state index in [1.165, 1.54) is 6.42 Å². The highest BCUT2D eigenvalue weighted by Crippen LogP contribution is 2.31. The Hall–Kier alpha value is -2.03. The highest BCUT2D eigenvalue weighted by Gasteiger charge is 2.23. The summed E-state index contributed by atoms with van der Waals surface area (Å²) in [5.41, 5.74) is 7.48. The molecule has 0 aliphatic rings. The van der Waals surface area contributed by atoms with Crippen molar-refractivity contribution in [2.45, 2.75) is 77.9 Å². The van der Waals surface area contributed by atoms with E-state index in [9.17, 15) is 9.90 Å². The first kappa shape index (κ1) is 31.0.